The first-order valence-electron chi connectivity index (χ1n) is 7.23. The third-order valence-electron chi connectivity index (χ3n) is 4.78. The monoisotopic (exact) mass is 278 g/mol. The molecule has 1 aliphatic rings. The number of hydrogen-bond donors (Lipinski definition) is 0. The number of carbonyl (C=O) groups is 1. The Balaban J connectivity index is 2.52. The smallest absolute Gasteiger partial charge is 0.221 e. The molecule has 0 heterocycles. The fourth-order valence-corrected chi connectivity index (χ4v) is 3.73. The Morgan fingerprint density at radius 3 is 2.53 bits per heavy atom. The van der Waals surface area contributed by atoms with Gasteiger partial charge in [-0.15, -0.1) is 0 Å². The molecule has 0 radical (unpaired) electrons. The third-order valence-corrected chi connectivity index (χ3v) is 4.97. The van der Waals surface area contributed by atoms with Crippen LogP contribution in [0.25, 0.3) is 0 Å². The number of benzene rings is 1. The summed E-state index contributed by atoms with van der Waals surface area (Å²) < 4.78 is 0. The molecule has 0 saturated heterocycles. The van der Waals surface area contributed by atoms with Crippen LogP contribution >= 0.6 is 11.6 Å². The summed E-state index contributed by atoms with van der Waals surface area (Å²) in [7, 11) is 0. The van der Waals surface area contributed by atoms with Crippen LogP contribution in [0.3, 0.4) is 0 Å². The average Bonchev–Trinajstić information content (AvgIpc) is 2.35. The number of hydrogen-bond acceptors (Lipinski definition) is 1. The van der Waals surface area contributed by atoms with Gasteiger partial charge >= 0.3 is 0 Å². The van der Waals surface area contributed by atoms with Crippen molar-refractivity contribution in [3.05, 3.63) is 33.4 Å². The van der Waals surface area contributed by atoms with Crippen molar-refractivity contribution in [3.63, 3.8) is 0 Å². The summed E-state index contributed by atoms with van der Waals surface area (Å²) in [6.07, 6.45) is 4.99. The van der Waals surface area contributed by atoms with Crippen molar-refractivity contribution in [2.75, 3.05) is 0 Å². The minimum Gasteiger partial charge on any atom is -0.281 e. The van der Waals surface area contributed by atoms with E-state index in [-0.39, 0.29) is 5.24 Å². The van der Waals surface area contributed by atoms with Gasteiger partial charge in [-0.25, -0.2) is 0 Å². The van der Waals surface area contributed by atoms with Gasteiger partial charge in [0.05, 0.1) is 0 Å². The van der Waals surface area contributed by atoms with E-state index in [0.29, 0.717) is 12.3 Å². The minimum atomic E-state index is -0.234. The van der Waals surface area contributed by atoms with Crippen molar-refractivity contribution in [1.82, 2.24) is 0 Å². The van der Waals surface area contributed by atoms with Crippen LogP contribution in [0, 0.1) is 20.8 Å². The molecule has 0 fully saturated rings. The zero-order chi connectivity index (χ0) is 14.2. The predicted molar refractivity (Wildman–Crippen MR) is 81.2 cm³/mol. The van der Waals surface area contributed by atoms with E-state index in [0.717, 1.165) is 6.42 Å². The van der Waals surface area contributed by atoms with E-state index in [2.05, 4.69) is 27.7 Å². The SMILES string of the molecule is Cc1c(C)c2c(c(C)c1CCC(=O)Cl)CCCC2C. The molecular formula is C17H23ClO. The maximum atomic E-state index is 11.0. The lowest BCUT2D eigenvalue weighted by molar-refractivity contribution is -0.111. The molecule has 0 bridgehead atoms. The number of fused-ring (bicyclic) bond motifs is 1. The fraction of sp³-hybridized carbons (Fsp3) is 0.588. The molecule has 0 aromatic heterocycles. The zero-order valence-corrected chi connectivity index (χ0v) is 13.2. The van der Waals surface area contributed by atoms with E-state index in [4.69, 9.17) is 11.6 Å². The first-order valence-corrected chi connectivity index (χ1v) is 7.61. The molecule has 0 aliphatic heterocycles. The van der Waals surface area contributed by atoms with E-state index in [1.807, 2.05) is 0 Å². The highest BCUT2D eigenvalue weighted by molar-refractivity contribution is 6.63. The first kappa shape index (κ1) is 14.6. The van der Waals surface area contributed by atoms with E-state index in [1.165, 1.54) is 41.5 Å². The number of rotatable bonds is 3. The third kappa shape index (κ3) is 2.72. The molecule has 1 aromatic rings. The van der Waals surface area contributed by atoms with E-state index < -0.39 is 0 Å². The summed E-state index contributed by atoms with van der Waals surface area (Å²) in [5.41, 5.74) is 8.66. The van der Waals surface area contributed by atoms with Crippen LogP contribution in [-0.2, 0) is 17.6 Å². The number of halogens is 1. The Kier molecular flexibility index (Phi) is 4.35. The molecule has 2 heteroatoms. The van der Waals surface area contributed by atoms with Crippen molar-refractivity contribution in [3.8, 4) is 0 Å². The lowest BCUT2D eigenvalue weighted by Crippen LogP contribution is -2.15. The normalized spacial score (nSPS) is 18.3. The van der Waals surface area contributed by atoms with Gasteiger partial charge < -0.3 is 0 Å². The van der Waals surface area contributed by atoms with Gasteiger partial charge in [0, 0.05) is 6.42 Å². The Hall–Kier alpha value is -0.820. The van der Waals surface area contributed by atoms with Crippen LogP contribution in [0.1, 0.15) is 65.5 Å². The van der Waals surface area contributed by atoms with Gasteiger partial charge in [0.15, 0.2) is 0 Å². The minimum absolute atomic E-state index is 0.234. The van der Waals surface area contributed by atoms with Crippen LogP contribution in [-0.4, -0.2) is 5.24 Å². The second kappa shape index (κ2) is 5.66. The quantitative estimate of drug-likeness (QED) is 0.729. The highest BCUT2D eigenvalue weighted by Crippen LogP contribution is 2.39. The second-order valence-corrected chi connectivity index (χ2v) is 6.32. The largest absolute Gasteiger partial charge is 0.281 e. The van der Waals surface area contributed by atoms with Gasteiger partial charge in [0.2, 0.25) is 5.24 Å². The van der Waals surface area contributed by atoms with Gasteiger partial charge in [0.1, 0.15) is 0 Å². The van der Waals surface area contributed by atoms with Crippen LogP contribution in [0.4, 0.5) is 0 Å². The summed E-state index contributed by atoms with van der Waals surface area (Å²) in [6, 6.07) is 0. The van der Waals surface area contributed by atoms with E-state index in [9.17, 15) is 4.79 Å². The van der Waals surface area contributed by atoms with Crippen molar-refractivity contribution < 1.29 is 4.79 Å². The molecule has 2 rings (SSSR count). The molecular weight excluding hydrogens is 256 g/mol. The standard InChI is InChI=1S/C17H23ClO/c1-10-6-5-7-15-13(4)14(8-9-16(18)19)11(2)12(3)17(10)15/h10H,5-9H2,1-4H3. The highest BCUT2D eigenvalue weighted by Gasteiger charge is 2.23. The van der Waals surface area contributed by atoms with Crippen LogP contribution in [0.15, 0.2) is 0 Å². The van der Waals surface area contributed by atoms with Gasteiger partial charge in [-0.3, -0.25) is 4.79 Å². The van der Waals surface area contributed by atoms with Crippen LogP contribution in [0.2, 0.25) is 0 Å². The molecule has 1 aliphatic carbocycles. The van der Waals surface area contributed by atoms with Gasteiger partial charge in [-0.05, 0) is 97.4 Å². The van der Waals surface area contributed by atoms with Gasteiger partial charge in [-0.2, -0.15) is 0 Å². The molecule has 0 N–H and O–H groups in total. The highest BCUT2D eigenvalue weighted by atomic mass is 35.5. The van der Waals surface area contributed by atoms with Crippen LogP contribution in [0.5, 0.6) is 0 Å². The van der Waals surface area contributed by atoms with Crippen LogP contribution < -0.4 is 0 Å². The maximum absolute atomic E-state index is 11.0. The Morgan fingerprint density at radius 1 is 1.21 bits per heavy atom. The van der Waals surface area contributed by atoms with Crippen molar-refractivity contribution in [2.45, 2.75) is 65.7 Å². The Morgan fingerprint density at radius 2 is 1.89 bits per heavy atom. The number of carbonyl (C=O) groups excluding carboxylic acids is 1. The summed E-state index contributed by atoms with van der Waals surface area (Å²) in [6.45, 7) is 8.99. The summed E-state index contributed by atoms with van der Waals surface area (Å²) in [5, 5.41) is -0.234. The maximum Gasteiger partial charge on any atom is 0.221 e. The lowest BCUT2D eigenvalue weighted by Gasteiger charge is -2.29. The van der Waals surface area contributed by atoms with E-state index in [1.54, 1.807) is 11.1 Å². The lowest BCUT2D eigenvalue weighted by atomic mass is 9.76. The summed E-state index contributed by atoms with van der Waals surface area (Å²) in [5.74, 6) is 0.671. The Labute approximate surface area is 121 Å². The zero-order valence-electron chi connectivity index (χ0n) is 12.4. The van der Waals surface area contributed by atoms with Crippen molar-refractivity contribution in [1.29, 1.82) is 0 Å². The van der Waals surface area contributed by atoms with Crippen molar-refractivity contribution in [2.24, 2.45) is 0 Å². The van der Waals surface area contributed by atoms with E-state index >= 15 is 0 Å². The molecule has 0 saturated carbocycles. The van der Waals surface area contributed by atoms with Gasteiger partial charge in [-0.1, -0.05) is 6.92 Å². The molecule has 1 aromatic carbocycles. The average molecular weight is 279 g/mol. The fourth-order valence-electron chi connectivity index (χ4n) is 3.64. The molecule has 0 amide bonds. The molecule has 1 unspecified atom stereocenters. The molecule has 104 valence electrons. The predicted octanol–water partition coefficient (Wildman–Crippen LogP) is 4.75. The first-order chi connectivity index (χ1) is 8.93. The molecule has 0 spiro atoms. The Bertz CT molecular complexity index is 517. The summed E-state index contributed by atoms with van der Waals surface area (Å²) in [4.78, 5) is 11.0. The molecule has 1 atom stereocenters. The molecule has 1 nitrogen and oxygen atoms in total. The molecule has 19 heavy (non-hydrogen) atoms. The second-order valence-electron chi connectivity index (χ2n) is 5.89. The van der Waals surface area contributed by atoms with Gasteiger partial charge in [0.25, 0.3) is 0 Å². The topological polar surface area (TPSA) is 17.1 Å². The van der Waals surface area contributed by atoms with Crippen molar-refractivity contribution >= 4 is 16.8 Å². The summed E-state index contributed by atoms with van der Waals surface area (Å²) >= 11 is 5.50.